The van der Waals surface area contributed by atoms with E-state index in [1.54, 1.807) is 4.57 Å². The van der Waals surface area contributed by atoms with Gasteiger partial charge >= 0.3 is 5.97 Å². The summed E-state index contributed by atoms with van der Waals surface area (Å²) in [7, 11) is 0. The molecule has 1 N–H and O–H groups in total. The summed E-state index contributed by atoms with van der Waals surface area (Å²) in [4.78, 5) is 10.7. The number of hydrogen-bond donors (Lipinski definition) is 1. The maximum absolute atomic E-state index is 10.7. The van der Waals surface area contributed by atoms with E-state index < -0.39 is 5.97 Å². The van der Waals surface area contributed by atoms with Crippen LogP contribution in [0.2, 0.25) is 0 Å². The van der Waals surface area contributed by atoms with Gasteiger partial charge in [0.25, 0.3) is 0 Å². The Morgan fingerprint density at radius 2 is 2.38 bits per heavy atom. The molecule has 1 aliphatic heterocycles. The average Bonchev–Trinajstić information content (AvgIpc) is 2.36. The van der Waals surface area contributed by atoms with E-state index in [0.29, 0.717) is 25.6 Å². The van der Waals surface area contributed by atoms with Gasteiger partial charge in [0.2, 0.25) is 5.82 Å². The van der Waals surface area contributed by atoms with Crippen molar-refractivity contribution in [1.29, 1.82) is 0 Å². The fraction of sp³-hybridized carbons (Fsp3) is 0.571. The van der Waals surface area contributed by atoms with Crippen molar-refractivity contribution >= 4 is 5.97 Å². The van der Waals surface area contributed by atoms with Crippen LogP contribution in [0, 0.1) is 0 Å². The number of nitrogens with zero attached hydrogens (tertiary/aromatic N) is 3. The van der Waals surface area contributed by atoms with E-state index in [-0.39, 0.29) is 5.82 Å². The molecular weight excluding hydrogens is 174 g/mol. The smallest absolute Gasteiger partial charge is 0.374 e. The van der Waals surface area contributed by atoms with E-state index in [0.717, 1.165) is 6.42 Å². The summed E-state index contributed by atoms with van der Waals surface area (Å²) in [5.41, 5.74) is 0. The van der Waals surface area contributed by atoms with Gasteiger partial charge in [-0.3, -0.25) is 0 Å². The Hall–Kier alpha value is -1.43. The first-order chi connectivity index (χ1) is 6.29. The van der Waals surface area contributed by atoms with Gasteiger partial charge in [0.15, 0.2) is 5.82 Å². The lowest BCUT2D eigenvalue weighted by Crippen LogP contribution is -2.11. The summed E-state index contributed by atoms with van der Waals surface area (Å²) in [6, 6.07) is 0. The van der Waals surface area contributed by atoms with Gasteiger partial charge < -0.3 is 14.4 Å². The zero-order chi connectivity index (χ0) is 9.26. The lowest BCUT2D eigenvalue weighted by Gasteiger charge is -2.01. The molecule has 1 aromatic heterocycles. The molecule has 70 valence electrons. The summed E-state index contributed by atoms with van der Waals surface area (Å²) < 4.78 is 6.79. The highest BCUT2D eigenvalue weighted by Gasteiger charge is 2.19. The van der Waals surface area contributed by atoms with Crippen LogP contribution in [0.1, 0.15) is 22.9 Å². The molecule has 6 heteroatoms. The Morgan fingerprint density at radius 1 is 1.54 bits per heavy atom. The number of rotatable bonds is 1. The van der Waals surface area contributed by atoms with Crippen LogP contribution in [0.3, 0.4) is 0 Å². The fourth-order valence-electron chi connectivity index (χ4n) is 1.32. The molecule has 0 saturated carbocycles. The van der Waals surface area contributed by atoms with Crippen molar-refractivity contribution in [2.45, 2.75) is 19.6 Å². The average molecular weight is 183 g/mol. The van der Waals surface area contributed by atoms with Crippen molar-refractivity contribution < 1.29 is 14.6 Å². The Bertz CT molecular complexity index is 334. The minimum Gasteiger partial charge on any atom is -0.475 e. The molecule has 1 aromatic rings. The zero-order valence-electron chi connectivity index (χ0n) is 6.93. The molecule has 1 aliphatic rings. The largest absolute Gasteiger partial charge is 0.475 e. The van der Waals surface area contributed by atoms with E-state index in [4.69, 9.17) is 9.84 Å². The van der Waals surface area contributed by atoms with Gasteiger partial charge in [-0.2, -0.15) is 0 Å². The first-order valence-electron chi connectivity index (χ1n) is 4.02. The van der Waals surface area contributed by atoms with Crippen molar-refractivity contribution in [3.05, 3.63) is 11.6 Å². The molecule has 0 unspecified atom stereocenters. The Kier molecular flexibility index (Phi) is 1.97. The maximum Gasteiger partial charge on any atom is 0.374 e. The van der Waals surface area contributed by atoms with E-state index in [2.05, 4.69) is 10.2 Å². The maximum atomic E-state index is 10.7. The van der Waals surface area contributed by atoms with Crippen molar-refractivity contribution in [2.24, 2.45) is 0 Å². The highest BCUT2D eigenvalue weighted by atomic mass is 16.5. The number of fused-ring (bicyclic) bond motifs is 1. The third-order valence-electron chi connectivity index (χ3n) is 1.92. The number of carbonyl (C=O) groups is 1. The molecule has 0 aromatic carbocycles. The highest BCUT2D eigenvalue weighted by molar-refractivity contribution is 5.83. The van der Waals surface area contributed by atoms with Crippen LogP contribution in [0.5, 0.6) is 0 Å². The molecule has 0 fully saturated rings. The monoisotopic (exact) mass is 183 g/mol. The third kappa shape index (κ3) is 1.40. The van der Waals surface area contributed by atoms with Crippen molar-refractivity contribution in [3.8, 4) is 0 Å². The van der Waals surface area contributed by atoms with Crippen LogP contribution in [-0.2, 0) is 17.9 Å². The number of hydrogen-bond acceptors (Lipinski definition) is 4. The predicted octanol–water partition coefficient (Wildman–Crippen LogP) is -0.103. The van der Waals surface area contributed by atoms with Crippen LogP contribution >= 0.6 is 0 Å². The molecule has 2 heterocycles. The predicted molar refractivity (Wildman–Crippen MR) is 41.3 cm³/mol. The molecule has 0 spiro atoms. The molecule has 0 radical (unpaired) electrons. The van der Waals surface area contributed by atoms with Crippen LogP contribution in [0.15, 0.2) is 0 Å². The second-order valence-electron chi connectivity index (χ2n) is 2.80. The lowest BCUT2D eigenvalue weighted by atomic mass is 10.4. The summed E-state index contributed by atoms with van der Waals surface area (Å²) >= 11 is 0. The number of aromatic carboxylic acids is 1. The standard InChI is InChI=1S/C7H9N3O3/c11-7(12)6-9-8-5-4-13-3-1-2-10(5)6/h1-4H2,(H,11,12). The molecule has 2 rings (SSSR count). The molecule has 0 saturated heterocycles. The number of ether oxygens (including phenoxy) is 1. The summed E-state index contributed by atoms with van der Waals surface area (Å²) in [6.45, 7) is 1.60. The van der Waals surface area contributed by atoms with Crippen LogP contribution < -0.4 is 0 Å². The topological polar surface area (TPSA) is 77.2 Å². The quantitative estimate of drug-likeness (QED) is 0.657. The van der Waals surface area contributed by atoms with E-state index in [1.165, 1.54) is 0 Å². The van der Waals surface area contributed by atoms with Crippen molar-refractivity contribution in [3.63, 3.8) is 0 Å². The SMILES string of the molecule is O=C(O)c1nnc2n1CCCOC2. The summed E-state index contributed by atoms with van der Waals surface area (Å²) in [6.07, 6.45) is 0.797. The minimum atomic E-state index is -1.04. The molecule has 0 amide bonds. The lowest BCUT2D eigenvalue weighted by molar-refractivity contribution is 0.0677. The second-order valence-corrected chi connectivity index (χ2v) is 2.80. The van der Waals surface area contributed by atoms with Crippen molar-refractivity contribution in [2.75, 3.05) is 6.61 Å². The van der Waals surface area contributed by atoms with E-state index in [1.807, 2.05) is 0 Å². The second kappa shape index (κ2) is 3.14. The highest BCUT2D eigenvalue weighted by Crippen LogP contribution is 2.09. The van der Waals surface area contributed by atoms with E-state index >= 15 is 0 Å². The number of aromatic nitrogens is 3. The van der Waals surface area contributed by atoms with Crippen LogP contribution in [0.4, 0.5) is 0 Å². The summed E-state index contributed by atoms with van der Waals surface area (Å²) in [5.74, 6) is -0.448. The fourth-order valence-corrected chi connectivity index (χ4v) is 1.32. The number of carboxylic acid groups (broad SMARTS) is 1. The molecule has 6 nitrogen and oxygen atoms in total. The van der Waals surface area contributed by atoms with Gasteiger partial charge in [-0.15, -0.1) is 10.2 Å². The van der Waals surface area contributed by atoms with Gasteiger partial charge in [0.1, 0.15) is 6.61 Å². The first kappa shape index (κ1) is 8.18. The van der Waals surface area contributed by atoms with Gasteiger partial charge in [-0.25, -0.2) is 4.79 Å². The molecule has 0 aliphatic carbocycles. The van der Waals surface area contributed by atoms with Crippen molar-refractivity contribution in [1.82, 2.24) is 14.8 Å². The Balaban J connectivity index is 2.39. The third-order valence-corrected chi connectivity index (χ3v) is 1.92. The molecule has 13 heavy (non-hydrogen) atoms. The molecule has 0 atom stereocenters. The van der Waals surface area contributed by atoms with Crippen LogP contribution in [0.25, 0.3) is 0 Å². The number of carboxylic acids is 1. The first-order valence-corrected chi connectivity index (χ1v) is 4.02. The normalized spacial score (nSPS) is 16.3. The minimum absolute atomic E-state index is 0.000463. The van der Waals surface area contributed by atoms with E-state index in [9.17, 15) is 4.79 Å². The molecule has 0 bridgehead atoms. The van der Waals surface area contributed by atoms with Gasteiger partial charge in [-0.05, 0) is 6.42 Å². The summed E-state index contributed by atoms with van der Waals surface area (Å²) in [5, 5.41) is 16.1. The van der Waals surface area contributed by atoms with Gasteiger partial charge in [0.05, 0.1) is 0 Å². The van der Waals surface area contributed by atoms with Crippen LogP contribution in [-0.4, -0.2) is 32.4 Å². The van der Waals surface area contributed by atoms with Gasteiger partial charge in [-0.1, -0.05) is 0 Å². The molecular formula is C7H9N3O3. The Labute approximate surface area is 74.1 Å². The Morgan fingerprint density at radius 3 is 3.15 bits per heavy atom. The zero-order valence-corrected chi connectivity index (χ0v) is 6.93. The van der Waals surface area contributed by atoms with Gasteiger partial charge in [0, 0.05) is 13.2 Å².